The van der Waals surface area contributed by atoms with Crippen LogP contribution in [0.3, 0.4) is 0 Å². The highest BCUT2D eigenvalue weighted by Gasteiger charge is 2.74. The van der Waals surface area contributed by atoms with Gasteiger partial charge in [0.15, 0.2) is 0 Å². The predicted octanol–water partition coefficient (Wildman–Crippen LogP) is 3.99. The first-order valence-corrected chi connectivity index (χ1v) is 13.2. The molecule has 3 fully saturated rings. The van der Waals surface area contributed by atoms with E-state index < -0.39 is 35.0 Å². The van der Waals surface area contributed by atoms with Gasteiger partial charge < -0.3 is 9.47 Å². The fourth-order valence-electron chi connectivity index (χ4n) is 7.32. The number of hydrogen-bond acceptors (Lipinski definition) is 6. The number of hydrogen-bond donors (Lipinski definition) is 0. The first kappa shape index (κ1) is 24.4. The number of allylic oxidation sites excluding steroid dienone is 2. The number of carbonyl (C=O) groups excluding carboxylic acids is 4. The summed E-state index contributed by atoms with van der Waals surface area (Å²) >= 11 is 0. The zero-order valence-corrected chi connectivity index (χ0v) is 21.8. The molecule has 2 saturated heterocycles. The highest BCUT2D eigenvalue weighted by molar-refractivity contribution is 6.27. The molecule has 3 aliphatic carbocycles. The predicted molar refractivity (Wildman–Crippen MR) is 140 cm³/mol. The molecule has 0 aromatic heterocycles. The molecule has 2 aromatic carbocycles. The van der Waals surface area contributed by atoms with Gasteiger partial charge in [-0.25, -0.2) is 9.80 Å². The minimum absolute atomic E-state index is 0.348. The third-order valence-electron chi connectivity index (χ3n) is 8.93. The van der Waals surface area contributed by atoms with E-state index in [0.29, 0.717) is 36.1 Å². The molecule has 0 N–H and O–H groups in total. The number of carbonyl (C=O) groups is 4. The lowest BCUT2D eigenvalue weighted by atomic mass is 9.45. The number of rotatable bonds is 6. The molecule has 8 nitrogen and oxygen atoms in total. The van der Waals surface area contributed by atoms with Gasteiger partial charge in [0, 0.05) is 11.3 Å². The molecular formula is C30H30N2O6. The van der Waals surface area contributed by atoms with Crippen molar-refractivity contribution in [3.8, 4) is 11.5 Å². The molecule has 7 rings (SSSR count). The fraction of sp³-hybridized carbons (Fsp3) is 0.400. The zero-order chi connectivity index (χ0) is 26.9. The minimum Gasteiger partial charge on any atom is -0.492 e. The number of ether oxygens (including phenoxy) is 2. The Morgan fingerprint density at radius 1 is 0.711 bits per heavy atom. The average Bonchev–Trinajstić information content (AvgIpc) is 3.33. The van der Waals surface area contributed by atoms with E-state index in [1.165, 1.54) is 9.80 Å². The van der Waals surface area contributed by atoms with Crippen LogP contribution in [0.1, 0.15) is 27.7 Å². The van der Waals surface area contributed by atoms with E-state index in [2.05, 4.69) is 0 Å². The molecule has 2 unspecified atom stereocenters. The number of nitrogens with zero attached hydrogens (tertiary/aromatic N) is 2. The van der Waals surface area contributed by atoms with Crippen LogP contribution in [0.4, 0.5) is 11.4 Å². The van der Waals surface area contributed by atoms with Gasteiger partial charge in [0.2, 0.25) is 23.6 Å². The molecule has 2 aliphatic heterocycles. The van der Waals surface area contributed by atoms with Crippen molar-refractivity contribution in [1.29, 1.82) is 0 Å². The summed E-state index contributed by atoms with van der Waals surface area (Å²) in [7, 11) is 0. The number of benzene rings is 2. The maximum absolute atomic E-state index is 14.1. The molecule has 0 spiro atoms. The van der Waals surface area contributed by atoms with Crippen molar-refractivity contribution < 1.29 is 28.7 Å². The fourth-order valence-corrected chi connectivity index (χ4v) is 7.32. The van der Waals surface area contributed by atoms with Gasteiger partial charge in [-0.2, -0.15) is 0 Å². The van der Waals surface area contributed by atoms with Crippen molar-refractivity contribution in [2.75, 3.05) is 23.0 Å². The first-order chi connectivity index (χ1) is 18.3. The molecule has 1 saturated carbocycles. The van der Waals surface area contributed by atoms with Crippen LogP contribution in [-0.2, 0) is 19.2 Å². The number of amides is 4. The number of anilines is 2. The van der Waals surface area contributed by atoms with E-state index in [1.807, 2.05) is 33.8 Å². The van der Waals surface area contributed by atoms with Gasteiger partial charge in [-0.15, -0.1) is 0 Å². The Bertz CT molecular complexity index is 1320. The lowest BCUT2D eigenvalue weighted by Gasteiger charge is -2.54. The highest BCUT2D eigenvalue weighted by Crippen LogP contribution is 2.67. The molecule has 8 heteroatoms. The van der Waals surface area contributed by atoms with Crippen molar-refractivity contribution >= 4 is 35.0 Å². The summed E-state index contributed by atoms with van der Waals surface area (Å²) in [6.45, 7) is 8.22. The zero-order valence-electron chi connectivity index (χ0n) is 21.8. The normalized spacial score (nSPS) is 31.5. The quantitative estimate of drug-likeness (QED) is 0.428. The second kappa shape index (κ2) is 8.55. The summed E-state index contributed by atoms with van der Waals surface area (Å²) in [4.78, 5) is 58.7. The van der Waals surface area contributed by atoms with Crippen LogP contribution < -0.4 is 19.3 Å². The topological polar surface area (TPSA) is 93.2 Å². The number of para-hydroxylation sites is 4. The van der Waals surface area contributed by atoms with Crippen LogP contribution in [0.5, 0.6) is 11.5 Å². The van der Waals surface area contributed by atoms with E-state index in [1.54, 1.807) is 48.5 Å². The van der Waals surface area contributed by atoms with E-state index in [-0.39, 0.29) is 23.6 Å². The van der Waals surface area contributed by atoms with E-state index in [4.69, 9.17) is 9.47 Å². The van der Waals surface area contributed by atoms with Crippen molar-refractivity contribution in [2.45, 2.75) is 27.7 Å². The molecule has 2 aromatic rings. The Kier molecular flexibility index (Phi) is 5.49. The van der Waals surface area contributed by atoms with Crippen molar-refractivity contribution in [3.05, 3.63) is 60.2 Å². The summed E-state index contributed by atoms with van der Waals surface area (Å²) in [5.74, 6) is -4.02. The van der Waals surface area contributed by atoms with Crippen LogP contribution >= 0.6 is 0 Å². The van der Waals surface area contributed by atoms with E-state index in [0.717, 1.165) is 5.57 Å². The van der Waals surface area contributed by atoms with Crippen LogP contribution in [0, 0.1) is 35.0 Å². The summed E-state index contributed by atoms with van der Waals surface area (Å²) < 4.78 is 11.5. The van der Waals surface area contributed by atoms with Gasteiger partial charge in [0.05, 0.1) is 48.3 Å². The van der Waals surface area contributed by atoms with Crippen LogP contribution in [-0.4, -0.2) is 36.8 Å². The largest absolute Gasteiger partial charge is 0.492 e. The van der Waals surface area contributed by atoms with Gasteiger partial charge in [-0.05, 0) is 45.0 Å². The van der Waals surface area contributed by atoms with E-state index >= 15 is 0 Å². The molecule has 2 bridgehead atoms. The monoisotopic (exact) mass is 514 g/mol. The van der Waals surface area contributed by atoms with Gasteiger partial charge in [0.25, 0.3) is 0 Å². The molecule has 6 atom stereocenters. The van der Waals surface area contributed by atoms with Gasteiger partial charge in [-0.3, -0.25) is 19.2 Å². The molecule has 38 heavy (non-hydrogen) atoms. The Balaban J connectivity index is 1.46. The van der Waals surface area contributed by atoms with Crippen molar-refractivity contribution in [2.24, 2.45) is 35.0 Å². The standard InChI is InChI=1S/C30H30N2O6/c1-5-37-20-13-9-7-11-18(20)31-26(33)22-17-15-16(3)30(4,24(22)28(31)35)25-23(17)27(34)32(29(25)36)19-12-8-10-14-21(19)38-6-2/h7-15,17,22-25H,5-6H2,1-4H3/t17?,22-,23+,24-,25-,30?/m0/s1. The second-order valence-corrected chi connectivity index (χ2v) is 10.5. The Morgan fingerprint density at radius 3 is 1.55 bits per heavy atom. The highest BCUT2D eigenvalue weighted by atomic mass is 16.5. The Hall–Kier alpha value is -3.94. The second-order valence-electron chi connectivity index (χ2n) is 10.5. The summed E-state index contributed by atoms with van der Waals surface area (Å²) in [5.41, 5.74) is 0.671. The van der Waals surface area contributed by atoms with Crippen LogP contribution in [0.15, 0.2) is 60.2 Å². The third kappa shape index (κ3) is 2.97. The Labute approximate surface area is 221 Å². The Morgan fingerprint density at radius 2 is 1.13 bits per heavy atom. The molecular weight excluding hydrogens is 484 g/mol. The molecule has 196 valence electrons. The average molecular weight is 515 g/mol. The summed E-state index contributed by atoms with van der Waals surface area (Å²) in [6, 6.07) is 14.0. The molecule has 2 heterocycles. The molecule has 5 aliphatic rings. The summed E-state index contributed by atoms with van der Waals surface area (Å²) in [5, 5.41) is 0. The first-order valence-electron chi connectivity index (χ1n) is 13.2. The van der Waals surface area contributed by atoms with E-state index in [9.17, 15) is 19.2 Å². The van der Waals surface area contributed by atoms with Crippen LogP contribution in [0.25, 0.3) is 0 Å². The SMILES string of the molecule is CCOc1ccccc1N1C(=O)[C@@H]2C3C=C(C)C(C)([C@@H]2C1=O)[C@@H]1C(=O)N(c2ccccc2OCC)C(=O)[C@@H]31. The maximum atomic E-state index is 14.1. The lowest BCUT2D eigenvalue weighted by Crippen LogP contribution is -2.58. The minimum atomic E-state index is -0.992. The van der Waals surface area contributed by atoms with Crippen LogP contribution in [0.2, 0.25) is 0 Å². The maximum Gasteiger partial charge on any atom is 0.238 e. The lowest BCUT2D eigenvalue weighted by molar-refractivity contribution is -0.146. The molecule has 0 radical (unpaired) electrons. The number of imide groups is 2. The smallest absolute Gasteiger partial charge is 0.238 e. The summed E-state index contributed by atoms with van der Waals surface area (Å²) in [6.07, 6.45) is 1.95. The van der Waals surface area contributed by atoms with Crippen molar-refractivity contribution in [3.63, 3.8) is 0 Å². The van der Waals surface area contributed by atoms with Gasteiger partial charge in [0.1, 0.15) is 11.5 Å². The van der Waals surface area contributed by atoms with Crippen molar-refractivity contribution in [1.82, 2.24) is 0 Å². The molecule has 4 amide bonds. The third-order valence-corrected chi connectivity index (χ3v) is 8.93. The van der Waals surface area contributed by atoms with Gasteiger partial charge in [-0.1, -0.05) is 42.8 Å². The van der Waals surface area contributed by atoms with Gasteiger partial charge >= 0.3 is 0 Å².